The maximum Gasteiger partial charge on any atom is 0.297 e. The van der Waals surface area contributed by atoms with Gasteiger partial charge in [0, 0.05) is 33.8 Å². The van der Waals surface area contributed by atoms with E-state index in [1.807, 2.05) is 0 Å². The summed E-state index contributed by atoms with van der Waals surface area (Å²) < 4.78 is 7.31. The van der Waals surface area contributed by atoms with Crippen molar-refractivity contribution >= 4 is 68.4 Å². The quantitative estimate of drug-likeness (QED) is 0.162. The Hall–Kier alpha value is -4.70. The molecule has 0 unspecified atom stereocenters. The van der Waals surface area contributed by atoms with Crippen LogP contribution in [0.3, 0.4) is 0 Å². The highest BCUT2D eigenvalue weighted by Crippen LogP contribution is 2.54. The molecule has 0 N–H and O–H groups in total. The Kier molecular flexibility index (Phi) is 8.41. The molecule has 0 atom stereocenters. The number of furan rings is 1. The van der Waals surface area contributed by atoms with E-state index in [2.05, 4.69) is 199 Å². The summed E-state index contributed by atoms with van der Waals surface area (Å²) in [5, 5.41) is 1.16. The average Bonchev–Trinajstić information content (AvgIpc) is 3.56. The molecule has 1 aromatic heterocycles. The zero-order valence-electron chi connectivity index (χ0n) is 39.8. The van der Waals surface area contributed by atoms with Crippen LogP contribution in [-0.2, 0) is 32.5 Å². The molecular weight excluding hydrogens is 739 g/mol. The summed E-state index contributed by atoms with van der Waals surface area (Å²) in [6.45, 7) is 36.0. The second-order valence-electron chi connectivity index (χ2n) is 24.1. The molecule has 0 bridgehead atoms. The van der Waals surface area contributed by atoms with Crippen LogP contribution in [0.4, 0.5) is 34.1 Å². The monoisotopic (exact) mass is 807 g/mol. The first kappa shape index (κ1) is 40.4. The van der Waals surface area contributed by atoms with Crippen molar-refractivity contribution in [3.63, 3.8) is 0 Å². The molecule has 3 heterocycles. The lowest BCUT2D eigenvalue weighted by molar-refractivity contribution is 0.332. The number of rotatable bonds is 2. The molecule has 6 aromatic rings. The van der Waals surface area contributed by atoms with Crippen LogP contribution in [0.2, 0.25) is 0 Å². The van der Waals surface area contributed by atoms with Gasteiger partial charge < -0.3 is 14.2 Å². The molecule has 4 aliphatic rings. The van der Waals surface area contributed by atoms with Gasteiger partial charge in [-0.2, -0.15) is 0 Å². The molecule has 10 rings (SSSR count). The van der Waals surface area contributed by atoms with Crippen LogP contribution in [0.25, 0.3) is 11.0 Å². The van der Waals surface area contributed by atoms with Gasteiger partial charge in [-0.3, -0.25) is 0 Å². The van der Waals surface area contributed by atoms with Crippen molar-refractivity contribution in [1.82, 2.24) is 0 Å². The summed E-state index contributed by atoms with van der Waals surface area (Å²) in [6.07, 6.45) is 4.71. The molecule has 0 amide bonds. The highest BCUT2D eigenvalue weighted by Gasteiger charge is 2.50. The summed E-state index contributed by atoms with van der Waals surface area (Å²) in [4.78, 5) is 5.26. The van der Waals surface area contributed by atoms with Gasteiger partial charge >= 0.3 is 0 Å². The number of hydrogen-bond donors (Lipinski definition) is 0. The van der Waals surface area contributed by atoms with Gasteiger partial charge in [-0.05, 0) is 163 Å². The van der Waals surface area contributed by atoms with Crippen molar-refractivity contribution in [3.05, 3.63) is 124 Å². The van der Waals surface area contributed by atoms with Crippen LogP contribution in [-0.4, -0.2) is 6.71 Å². The Morgan fingerprint density at radius 1 is 0.525 bits per heavy atom. The second kappa shape index (κ2) is 12.7. The van der Waals surface area contributed by atoms with E-state index >= 15 is 0 Å². The molecule has 0 saturated carbocycles. The standard InChI is InChI=1S/C57H67BN2O/c1-34-28-35(52(2,3)4)20-23-44(34)60-47-30-36(53(5,6)7)29-46-49(47)58(51-50(60)38-18-16-17-19-48(38)61-51)43-32-41-42(57(14,15)27-26-56(41,12)13)33-45(43)59(46)37-21-22-39-40(31-37)55(10,11)25-24-54(39,8)9/h16-23,28-33H,24-27H2,1-15H3. The number of para-hydroxylation sites is 1. The zero-order valence-corrected chi connectivity index (χ0v) is 39.8. The van der Waals surface area contributed by atoms with E-state index in [9.17, 15) is 0 Å². The average molecular weight is 807 g/mol. The third-order valence-electron chi connectivity index (χ3n) is 15.8. The summed E-state index contributed by atoms with van der Waals surface area (Å²) in [6, 6.07) is 33.7. The van der Waals surface area contributed by atoms with Gasteiger partial charge in [0.1, 0.15) is 5.58 Å². The number of benzene rings is 5. The molecule has 61 heavy (non-hydrogen) atoms. The minimum atomic E-state index is -0.105. The third kappa shape index (κ3) is 5.97. The van der Waals surface area contributed by atoms with E-state index in [-0.39, 0.29) is 39.2 Å². The second-order valence-corrected chi connectivity index (χ2v) is 24.1. The van der Waals surface area contributed by atoms with Gasteiger partial charge in [0.25, 0.3) is 6.71 Å². The molecule has 3 nitrogen and oxygen atoms in total. The number of anilines is 6. The van der Waals surface area contributed by atoms with Crippen LogP contribution >= 0.6 is 0 Å². The number of aryl methyl sites for hydroxylation is 1. The molecule has 0 radical (unpaired) electrons. The maximum atomic E-state index is 7.31. The van der Waals surface area contributed by atoms with Gasteiger partial charge in [0.2, 0.25) is 0 Å². The van der Waals surface area contributed by atoms with E-state index in [1.165, 1.54) is 110 Å². The third-order valence-corrected chi connectivity index (χ3v) is 15.8. The van der Waals surface area contributed by atoms with E-state index < -0.39 is 0 Å². The molecule has 0 saturated heterocycles. The van der Waals surface area contributed by atoms with E-state index in [4.69, 9.17) is 4.42 Å². The fraction of sp³-hybridized carbons (Fsp3) is 0.439. The SMILES string of the molecule is Cc1cc(C(C)(C)C)ccc1N1c2cc(C(C)(C)C)cc3c2B(c2cc4c(cc2N3c2ccc3c(c2)C(C)(C)CCC3(C)C)C(C)(C)CCC4(C)C)c2oc3ccccc3c21. The highest BCUT2D eigenvalue weighted by molar-refractivity contribution is 7.00. The van der Waals surface area contributed by atoms with Gasteiger partial charge in [-0.15, -0.1) is 0 Å². The fourth-order valence-corrected chi connectivity index (χ4v) is 11.5. The zero-order chi connectivity index (χ0) is 43.6. The largest absolute Gasteiger partial charge is 0.468 e. The summed E-state index contributed by atoms with van der Waals surface area (Å²) in [5.41, 5.74) is 22.2. The predicted octanol–water partition coefficient (Wildman–Crippen LogP) is 14.1. The summed E-state index contributed by atoms with van der Waals surface area (Å²) >= 11 is 0. The smallest absolute Gasteiger partial charge is 0.297 e. The Labute approximate surface area is 367 Å². The molecule has 0 spiro atoms. The molecule has 0 fully saturated rings. The molecular formula is C57H67BN2O. The van der Waals surface area contributed by atoms with Crippen molar-refractivity contribution in [1.29, 1.82) is 0 Å². The number of fused-ring (bicyclic) bond motifs is 8. The van der Waals surface area contributed by atoms with Gasteiger partial charge in [-0.1, -0.05) is 133 Å². The molecule has 2 aliphatic heterocycles. The van der Waals surface area contributed by atoms with Crippen molar-refractivity contribution in [2.75, 3.05) is 9.80 Å². The lowest BCUT2D eigenvalue weighted by Crippen LogP contribution is -2.61. The first-order valence-electron chi connectivity index (χ1n) is 23.1. The molecule has 314 valence electrons. The minimum Gasteiger partial charge on any atom is -0.468 e. The van der Waals surface area contributed by atoms with Gasteiger partial charge in [0.05, 0.1) is 11.3 Å². The summed E-state index contributed by atoms with van der Waals surface area (Å²) in [5.74, 6) is 0. The Morgan fingerprint density at radius 3 is 1.69 bits per heavy atom. The van der Waals surface area contributed by atoms with E-state index in [0.717, 1.165) is 16.6 Å². The van der Waals surface area contributed by atoms with Crippen LogP contribution in [0, 0.1) is 6.92 Å². The molecule has 2 aliphatic carbocycles. The van der Waals surface area contributed by atoms with Crippen molar-refractivity contribution in [3.8, 4) is 0 Å². The topological polar surface area (TPSA) is 19.6 Å². The van der Waals surface area contributed by atoms with Crippen LogP contribution in [0.1, 0.15) is 162 Å². The first-order chi connectivity index (χ1) is 28.4. The van der Waals surface area contributed by atoms with Crippen molar-refractivity contribution in [2.24, 2.45) is 0 Å². The molecule has 5 aromatic carbocycles. The lowest BCUT2D eigenvalue weighted by Gasteiger charge is -2.47. The first-order valence-corrected chi connectivity index (χ1v) is 23.1. The Morgan fingerprint density at radius 2 is 1.08 bits per heavy atom. The molecule has 4 heteroatoms. The van der Waals surface area contributed by atoms with Crippen LogP contribution in [0.5, 0.6) is 0 Å². The lowest BCUT2D eigenvalue weighted by atomic mass is 9.35. The van der Waals surface area contributed by atoms with Crippen LogP contribution < -0.4 is 26.4 Å². The van der Waals surface area contributed by atoms with E-state index in [0.29, 0.717) is 0 Å². The highest BCUT2D eigenvalue weighted by atomic mass is 16.3. The number of nitrogens with zero attached hydrogens (tertiary/aromatic N) is 2. The van der Waals surface area contributed by atoms with Gasteiger partial charge in [-0.25, -0.2) is 0 Å². The minimum absolute atomic E-state index is 0.0411. The van der Waals surface area contributed by atoms with E-state index in [1.54, 1.807) is 0 Å². The Balaban J connectivity index is 1.36. The van der Waals surface area contributed by atoms with Crippen LogP contribution in [0.15, 0.2) is 89.3 Å². The number of hydrogen-bond acceptors (Lipinski definition) is 3. The van der Waals surface area contributed by atoms with Crippen molar-refractivity contribution < 1.29 is 4.42 Å². The predicted molar refractivity (Wildman–Crippen MR) is 263 cm³/mol. The maximum absolute atomic E-state index is 7.31. The fourth-order valence-electron chi connectivity index (χ4n) is 11.5. The Bertz CT molecular complexity index is 2820. The summed E-state index contributed by atoms with van der Waals surface area (Å²) in [7, 11) is 0. The van der Waals surface area contributed by atoms with Gasteiger partial charge in [0.15, 0.2) is 0 Å². The van der Waals surface area contributed by atoms with Crippen molar-refractivity contribution in [2.45, 2.75) is 162 Å². The normalized spacial score (nSPS) is 19.2.